The number of rotatable bonds is 3. The van der Waals surface area contributed by atoms with Crippen LogP contribution in [0.2, 0.25) is 0 Å². The molecular weight excluding hydrogens is 326 g/mol. The number of anilines is 2. The maximum Gasteiger partial charge on any atom is 0.323 e. The number of hydrogen-bond donors (Lipinski definition) is 1. The number of carbonyl (C=O) groups excluding carboxylic acids is 1. The first-order valence-electron chi connectivity index (χ1n) is 9.28. The van der Waals surface area contributed by atoms with Crippen LogP contribution in [0.4, 0.5) is 16.3 Å². The fraction of sp³-hybridized carbons (Fsp3) is 0.500. The summed E-state index contributed by atoms with van der Waals surface area (Å²) < 4.78 is 1.74. The van der Waals surface area contributed by atoms with Gasteiger partial charge in [-0.1, -0.05) is 31.5 Å². The fourth-order valence-electron chi connectivity index (χ4n) is 3.32. The third-order valence-corrected chi connectivity index (χ3v) is 5.01. The molecule has 6 nitrogen and oxygen atoms in total. The van der Waals surface area contributed by atoms with E-state index in [-0.39, 0.29) is 12.1 Å². The highest BCUT2D eigenvalue weighted by atomic mass is 16.2. The maximum atomic E-state index is 12.8. The Labute approximate surface area is 155 Å². The number of urea groups is 1. The van der Waals surface area contributed by atoms with E-state index in [1.165, 1.54) is 11.3 Å². The predicted octanol–water partition coefficient (Wildman–Crippen LogP) is 3.59. The molecule has 1 aliphatic rings. The summed E-state index contributed by atoms with van der Waals surface area (Å²) in [6, 6.07) is 10.6. The number of carbonyl (C=O) groups is 1. The maximum absolute atomic E-state index is 12.8. The van der Waals surface area contributed by atoms with Gasteiger partial charge in [0, 0.05) is 44.5 Å². The minimum Gasteiger partial charge on any atom is -0.368 e. The molecular formula is C20H29N5O. The van der Waals surface area contributed by atoms with Gasteiger partial charge in [-0.3, -0.25) is 10.00 Å². The standard InChI is InChI=1S/C20H29N5O/c1-14(2)18-12-19(23(5)22-18)21-20(26)25-11-10-24(13-16(25)4)17-8-6-15(3)7-9-17/h6-9,12,14,16H,10-11,13H2,1-5H3,(H,21,26)/t16-/m0/s1. The zero-order valence-electron chi connectivity index (χ0n) is 16.4. The van der Waals surface area contributed by atoms with Crippen LogP contribution in [0.3, 0.4) is 0 Å². The smallest absolute Gasteiger partial charge is 0.323 e. The SMILES string of the molecule is Cc1ccc(N2CCN(C(=O)Nc3cc(C(C)C)nn3C)[C@@H](C)C2)cc1. The summed E-state index contributed by atoms with van der Waals surface area (Å²) >= 11 is 0. The minimum absolute atomic E-state index is 0.0561. The minimum atomic E-state index is -0.0561. The van der Waals surface area contributed by atoms with Crippen molar-refractivity contribution in [2.45, 2.75) is 39.7 Å². The van der Waals surface area contributed by atoms with Crippen molar-refractivity contribution in [1.82, 2.24) is 14.7 Å². The van der Waals surface area contributed by atoms with E-state index in [2.05, 4.69) is 67.3 Å². The van der Waals surface area contributed by atoms with Gasteiger partial charge < -0.3 is 9.80 Å². The van der Waals surface area contributed by atoms with Gasteiger partial charge in [0.15, 0.2) is 0 Å². The van der Waals surface area contributed by atoms with E-state index in [9.17, 15) is 4.79 Å². The molecule has 0 spiro atoms. The molecule has 2 amide bonds. The second-order valence-corrected chi connectivity index (χ2v) is 7.49. The number of aromatic nitrogens is 2. The van der Waals surface area contributed by atoms with Gasteiger partial charge >= 0.3 is 6.03 Å². The van der Waals surface area contributed by atoms with Gasteiger partial charge in [-0.05, 0) is 31.9 Å². The molecule has 0 unspecified atom stereocenters. The predicted molar refractivity (Wildman–Crippen MR) is 106 cm³/mol. The highest BCUT2D eigenvalue weighted by Crippen LogP contribution is 2.21. The van der Waals surface area contributed by atoms with Crippen LogP contribution in [0.25, 0.3) is 0 Å². The van der Waals surface area contributed by atoms with E-state index >= 15 is 0 Å². The van der Waals surface area contributed by atoms with Crippen LogP contribution in [0.15, 0.2) is 30.3 Å². The molecule has 0 bridgehead atoms. The van der Waals surface area contributed by atoms with Gasteiger partial charge in [0.1, 0.15) is 5.82 Å². The molecule has 1 aromatic carbocycles. The largest absolute Gasteiger partial charge is 0.368 e. The molecule has 0 saturated carbocycles. The van der Waals surface area contributed by atoms with Gasteiger partial charge in [-0.15, -0.1) is 0 Å². The average Bonchev–Trinajstić information content (AvgIpc) is 2.96. The lowest BCUT2D eigenvalue weighted by Gasteiger charge is -2.40. The molecule has 2 aromatic rings. The quantitative estimate of drug-likeness (QED) is 0.915. The van der Waals surface area contributed by atoms with Gasteiger partial charge in [-0.2, -0.15) is 5.10 Å². The summed E-state index contributed by atoms with van der Waals surface area (Å²) in [5.41, 5.74) is 3.47. The van der Waals surface area contributed by atoms with Crippen molar-refractivity contribution in [3.05, 3.63) is 41.6 Å². The Bertz CT molecular complexity index is 765. The third kappa shape index (κ3) is 3.84. The highest BCUT2D eigenvalue weighted by Gasteiger charge is 2.28. The van der Waals surface area contributed by atoms with Gasteiger partial charge in [0.05, 0.1) is 5.69 Å². The van der Waals surface area contributed by atoms with Gasteiger partial charge in [-0.25, -0.2) is 4.79 Å². The zero-order chi connectivity index (χ0) is 18.8. The summed E-state index contributed by atoms with van der Waals surface area (Å²) in [5.74, 6) is 1.08. The summed E-state index contributed by atoms with van der Waals surface area (Å²) in [6.45, 7) is 10.8. The monoisotopic (exact) mass is 355 g/mol. The highest BCUT2D eigenvalue weighted by molar-refractivity contribution is 5.89. The van der Waals surface area contributed by atoms with Crippen molar-refractivity contribution in [3.63, 3.8) is 0 Å². The molecule has 0 aliphatic carbocycles. The number of amides is 2. The van der Waals surface area contributed by atoms with Crippen LogP contribution < -0.4 is 10.2 Å². The van der Waals surface area contributed by atoms with E-state index in [0.717, 1.165) is 24.6 Å². The van der Waals surface area contributed by atoms with Crippen LogP contribution in [-0.2, 0) is 7.05 Å². The van der Waals surface area contributed by atoms with Gasteiger partial charge in [0.25, 0.3) is 0 Å². The Hall–Kier alpha value is -2.50. The van der Waals surface area contributed by atoms with E-state index in [4.69, 9.17) is 0 Å². The van der Waals surface area contributed by atoms with Crippen molar-refractivity contribution in [2.24, 2.45) is 7.05 Å². The summed E-state index contributed by atoms with van der Waals surface area (Å²) in [4.78, 5) is 17.0. The van der Waals surface area contributed by atoms with Crippen molar-refractivity contribution >= 4 is 17.5 Å². The molecule has 3 rings (SSSR count). The van der Waals surface area contributed by atoms with Crippen molar-refractivity contribution < 1.29 is 4.79 Å². The van der Waals surface area contributed by atoms with Gasteiger partial charge in [0.2, 0.25) is 0 Å². The molecule has 140 valence electrons. The number of hydrogen-bond acceptors (Lipinski definition) is 3. The van der Waals surface area contributed by atoms with Crippen molar-refractivity contribution in [2.75, 3.05) is 29.9 Å². The Morgan fingerprint density at radius 2 is 1.92 bits per heavy atom. The third-order valence-electron chi connectivity index (χ3n) is 5.01. The Morgan fingerprint density at radius 3 is 2.50 bits per heavy atom. The number of benzene rings is 1. The van der Waals surface area contributed by atoms with E-state index in [0.29, 0.717) is 12.5 Å². The number of nitrogens with zero attached hydrogens (tertiary/aromatic N) is 4. The average molecular weight is 355 g/mol. The van der Waals surface area contributed by atoms with E-state index < -0.39 is 0 Å². The van der Waals surface area contributed by atoms with E-state index in [1.54, 1.807) is 4.68 Å². The Morgan fingerprint density at radius 1 is 1.23 bits per heavy atom. The van der Waals surface area contributed by atoms with Crippen molar-refractivity contribution in [1.29, 1.82) is 0 Å². The Kier molecular flexibility index (Phi) is 5.20. The number of piperazine rings is 1. The second-order valence-electron chi connectivity index (χ2n) is 7.49. The normalized spacial score (nSPS) is 17.7. The first-order chi connectivity index (χ1) is 12.3. The van der Waals surface area contributed by atoms with E-state index in [1.807, 2.05) is 18.0 Å². The lowest BCUT2D eigenvalue weighted by molar-refractivity contribution is 0.184. The van der Waals surface area contributed by atoms with Crippen LogP contribution in [0.5, 0.6) is 0 Å². The van der Waals surface area contributed by atoms with Crippen LogP contribution in [0, 0.1) is 6.92 Å². The molecule has 2 heterocycles. The lowest BCUT2D eigenvalue weighted by Crippen LogP contribution is -2.55. The molecule has 1 saturated heterocycles. The molecule has 6 heteroatoms. The molecule has 1 aromatic heterocycles. The molecule has 0 radical (unpaired) electrons. The first-order valence-corrected chi connectivity index (χ1v) is 9.28. The lowest BCUT2D eigenvalue weighted by atomic mass is 10.1. The second kappa shape index (κ2) is 7.40. The number of nitrogens with one attached hydrogen (secondary N) is 1. The summed E-state index contributed by atoms with van der Waals surface area (Å²) in [6.07, 6.45) is 0. The molecule has 1 fully saturated rings. The van der Waals surface area contributed by atoms with Crippen LogP contribution >= 0.6 is 0 Å². The first kappa shape index (κ1) is 18.3. The van der Waals surface area contributed by atoms with Crippen LogP contribution in [0.1, 0.15) is 37.9 Å². The molecule has 1 N–H and O–H groups in total. The van der Waals surface area contributed by atoms with Crippen molar-refractivity contribution in [3.8, 4) is 0 Å². The molecule has 26 heavy (non-hydrogen) atoms. The molecule has 1 atom stereocenters. The Balaban J connectivity index is 1.63. The van der Waals surface area contributed by atoms with Crippen LogP contribution in [-0.4, -0.2) is 46.4 Å². The summed E-state index contributed by atoms with van der Waals surface area (Å²) in [7, 11) is 1.86. The summed E-state index contributed by atoms with van der Waals surface area (Å²) in [5, 5.41) is 7.48. The zero-order valence-corrected chi connectivity index (χ0v) is 16.4. The molecule has 1 aliphatic heterocycles. The topological polar surface area (TPSA) is 53.4 Å². The number of aryl methyl sites for hydroxylation is 2. The fourth-order valence-corrected chi connectivity index (χ4v) is 3.32.